The molecular formula is C19H13ClF3N3O2S. The predicted octanol–water partition coefficient (Wildman–Crippen LogP) is 4.47. The van der Waals surface area contributed by atoms with Crippen LogP contribution in [-0.4, -0.2) is 22.9 Å². The van der Waals surface area contributed by atoms with Crippen molar-refractivity contribution in [1.29, 1.82) is 0 Å². The molecule has 5 nitrogen and oxygen atoms in total. The summed E-state index contributed by atoms with van der Waals surface area (Å²) in [5.74, 6) is 0. The zero-order valence-corrected chi connectivity index (χ0v) is 16.2. The Labute approximate surface area is 169 Å². The van der Waals surface area contributed by atoms with Crippen molar-refractivity contribution < 1.29 is 21.6 Å². The van der Waals surface area contributed by atoms with Crippen molar-refractivity contribution in [3.8, 4) is 0 Å². The van der Waals surface area contributed by atoms with Crippen LogP contribution in [0, 0.1) is 0 Å². The van der Waals surface area contributed by atoms with E-state index in [-0.39, 0.29) is 4.90 Å². The average Bonchev–Trinajstić information content (AvgIpc) is 3.23. The van der Waals surface area contributed by atoms with Gasteiger partial charge in [0.15, 0.2) is 0 Å². The van der Waals surface area contributed by atoms with Crippen molar-refractivity contribution in [2.75, 3.05) is 0 Å². The van der Waals surface area contributed by atoms with Crippen LogP contribution in [0.15, 0.2) is 53.6 Å². The van der Waals surface area contributed by atoms with Crippen molar-refractivity contribution in [2.45, 2.75) is 29.6 Å². The van der Waals surface area contributed by atoms with Gasteiger partial charge < -0.3 is 0 Å². The minimum Gasteiger partial charge on any atom is -0.282 e. The first-order valence-corrected chi connectivity index (χ1v) is 10.5. The highest BCUT2D eigenvalue weighted by Gasteiger charge is 2.51. The molecule has 1 aromatic heterocycles. The zero-order chi connectivity index (χ0) is 20.6. The van der Waals surface area contributed by atoms with Crippen LogP contribution >= 0.6 is 11.6 Å². The molecule has 0 saturated heterocycles. The number of benzene rings is 2. The standard InChI is InChI=1S/C19H13ClF3N3O2S/c20-11-3-6-13-14(7-11)17-8-16-15(9-24-25-16)18(13)26(17)29(27,28)12-4-1-10(2-5-12)19(21,22)23/h1-7,9,17-18H,8H2,(H,24,25)/t17-,18-/m1/s1. The van der Waals surface area contributed by atoms with E-state index in [1.165, 1.54) is 4.31 Å². The summed E-state index contributed by atoms with van der Waals surface area (Å²) < 4.78 is 66.9. The fourth-order valence-electron chi connectivity index (χ4n) is 4.20. The summed E-state index contributed by atoms with van der Waals surface area (Å²) in [6.07, 6.45) is -2.57. The number of alkyl halides is 3. The Hall–Kier alpha value is -2.36. The maximum absolute atomic E-state index is 13.5. The molecule has 3 heterocycles. The Kier molecular flexibility index (Phi) is 3.90. The summed E-state index contributed by atoms with van der Waals surface area (Å²) in [6, 6.07) is 7.67. The van der Waals surface area contributed by atoms with Gasteiger partial charge in [-0.3, -0.25) is 5.10 Å². The number of aromatic nitrogens is 2. The van der Waals surface area contributed by atoms with Gasteiger partial charge in [-0.05, 0) is 47.5 Å². The Morgan fingerprint density at radius 1 is 1.07 bits per heavy atom. The van der Waals surface area contributed by atoms with Gasteiger partial charge in [0.05, 0.1) is 28.7 Å². The molecule has 0 fully saturated rings. The second kappa shape index (κ2) is 6.07. The molecule has 0 aliphatic carbocycles. The van der Waals surface area contributed by atoms with Crippen molar-refractivity contribution in [1.82, 2.24) is 14.5 Å². The molecule has 0 saturated carbocycles. The van der Waals surface area contributed by atoms with E-state index in [4.69, 9.17) is 11.6 Å². The molecule has 5 rings (SSSR count). The van der Waals surface area contributed by atoms with Crippen LogP contribution in [0.4, 0.5) is 13.2 Å². The lowest BCUT2D eigenvalue weighted by atomic mass is 10.0. The number of fused-ring (bicyclic) bond motifs is 7. The van der Waals surface area contributed by atoms with Gasteiger partial charge in [0.25, 0.3) is 0 Å². The fraction of sp³-hybridized carbons (Fsp3) is 0.211. The van der Waals surface area contributed by atoms with E-state index in [1.54, 1.807) is 24.4 Å². The Morgan fingerprint density at radius 2 is 1.79 bits per heavy atom. The minimum atomic E-state index is -4.54. The number of hydrogen-bond acceptors (Lipinski definition) is 3. The van der Waals surface area contributed by atoms with E-state index in [0.29, 0.717) is 11.4 Å². The number of halogens is 4. The molecule has 2 bridgehead atoms. The molecule has 3 aromatic rings. The summed E-state index contributed by atoms with van der Waals surface area (Å²) >= 11 is 6.14. The highest BCUT2D eigenvalue weighted by Crippen LogP contribution is 2.54. The van der Waals surface area contributed by atoms with Crippen LogP contribution in [-0.2, 0) is 22.6 Å². The topological polar surface area (TPSA) is 66.1 Å². The molecule has 2 aliphatic rings. The summed E-state index contributed by atoms with van der Waals surface area (Å²) in [7, 11) is -4.08. The van der Waals surface area contributed by atoms with Crippen molar-refractivity contribution in [3.63, 3.8) is 0 Å². The number of nitrogens with zero attached hydrogens (tertiary/aromatic N) is 2. The first-order chi connectivity index (χ1) is 13.7. The van der Waals surface area contributed by atoms with Crippen LogP contribution in [0.2, 0.25) is 5.02 Å². The quantitative estimate of drug-likeness (QED) is 0.640. The van der Waals surface area contributed by atoms with E-state index in [1.807, 2.05) is 0 Å². The van der Waals surface area contributed by atoms with Gasteiger partial charge in [0.1, 0.15) is 0 Å². The average molecular weight is 440 g/mol. The van der Waals surface area contributed by atoms with E-state index in [0.717, 1.165) is 46.6 Å². The third-order valence-electron chi connectivity index (χ3n) is 5.46. The normalized spacial score (nSPS) is 21.1. The monoisotopic (exact) mass is 439 g/mol. The minimum absolute atomic E-state index is 0.189. The van der Waals surface area contributed by atoms with Crippen LogP contribution < -0.4 is 0 Å². The molecule has 10 heteroatoms. The van der Waals surface area contributed by atoms with Gasteiger partial charge in [0, 0.05) is 22.7 Å². The molecule has 2 aromatic carbocycles. The summed E-state index contributed by atoms with van der Waals surface area (Å²) in [4.78, 5) is -0.189. The van der Waals surface area contributed by atoms with E-state index in [2.05, 4.69) is 10.2 Å². The third kappa shape index (κ3) is 2.72. The van der Waals surface area contributed by atoms with Crippen LogP contribution in [0.25, 0.3) is 0 Å². The summed E-state index contributed by atoms with van der Waals surface area (Å²) in [6.45, 7) is 0. The number of rotatable bonds is 2. The summed E-state index contributed by atoms with van der Waals surface area (Å²) in [5.41, 5.74) is 2.27. The first-order valence-electron chi connectivity index (χ1n) is 8.70. The molecule has 1 N–H and O–H groups in total. The molecule has 0 spiro atoms. The van der Waals surface area contributed by atoms with Crippen molar-refractivity contribution in [3.05, 3.63) is 81.6 Å². The van der Waals surface area contributed by atoms with Crippen LogP contribution in [0.3, 0.4) is 0 Å². The van der Waals surface area contributed by atoms with Gasteiger partial charge in [-0.2, -0.15) is 22.6 Å². The molecule has 2 atom stereocenters. The molecular weight excluding hydrogens is 427 g/mol. The highest BCUT2D eigenvalue weighted by molar-refractivity contribution is 7.89. The smallest absolute Gasteiger partial charge is 0.282 e. The zero-order valence-electron chi connectivity index (χ0n) is 14.6. The maximum Gasteiger partial charge on any atom is 0.416 e. The number of aromatic amines is 1. The molecule has 0 radical (unpaired) electrons. The number of sulfonamides is 1. The van der Waals surface area contributed by atoms with Gasteiger partial charge in [-0.15, -0.1) is 0 Å². The predicted molar refractivity (Wildman–Crippen MR) is 98.8 cm³/mol. The van der Waals surface area contributed by atoms with Gasteiger partial charge in [-0.25, -0.2) is 8.42 Å². The van der Waals surface area contributed by atoms with E-state index in [9.17, 15) is 21.6 Å². The Morgan fingerprint density at radius 3 is 2.48 bits per heavy atom. The molecule has 0 unspecified atom stereocenters. The second-order valence-electron chi connectivity index (χ2n) is 7.06. The highest BCUT2D eigenvalue weighted by atomic mass is 35.5. The van der Waals surface area contributed by atoms with Crippen LogP contribution in [0.1, 0.15) is 40.0 Å². The molecule has 29 heavy (non-hydrogen) atoms. The first kappa shape index (κ1) is 18.7. The molecule has 2 aliphatic heterocycles. The van der Waals surface area contributed by atoms with Gasteiger partial charge in [-0.1, -0.05) is 17.7 Å². The van der Waals surface area contributed by atoms with Crippen molar-refractivity contribution >= 4 is 21.6 Å². The largest absolute Gasteiger partial charge is 0.416 e. The van der Waals surface area contributed by atoms with Gasteiger partial charge >= 0.3 is 6.18 Å². The van der Waals surface area contributed by atoms with E-state index < -0.39 is 33.8 Å². The Balaban J connectivity index is 1.64. The Bertz CT molecular complexity index is 1220. The number of hydrogen-bond donors (Lipinski definition) is 1. The lowest BCUT2D eigenvalue weighted by molar-refractivity contribution is -0.137. The lowest BCUT2D eigenvalue weighted by Gasteiger charge is -2.33. The van der Waals surface area contributed by atoms with Gasteiger partial charge in [0.2, 0.25) is 10.0 Å². The van der Waals surface area contributed by atoms with Crippen LogP contribution in [0.5, 0.6) is 0 Å². The summed E-state index contributed by atoms with van der Waals surface area (Å²) in [5, 5.41) is 7.45. The number of nitrogens with one attached hydrogen (secondary N) is 1. The fourth-order valence-corrected chi connectivity index (χ4v) is 6.13. The third-order valence-corrected chi connectivity index (χ3v) is 7.59. The molecule has 150 valence electrons. The van der Waals surface area contributed by atoms with Crippen molar-refractivity contribution in [2.24, 2.45) is 0 Å². The second-order valence-corrected chi connectivity index (χ2v) is 9.34. The SMILES string of the molecule is O=S(=O)(c1ccc(C(F)(F)F)cc1)N1[C@@H]2c3ccc(Cl)cc3[C@H]1Cc1[nH]ncc12. The van der Waals surface area contributed by atoms with E-state index >= 15 is 0 Å². The molecule has 0 amide bonds. The lowest BCUT2D eigenvalue weighted by Crippen LogP contribution is -2.37. The maximum atomic E-state index is 13.5. The number of H-pyrrole nitrogens is 1.